The number of sulfonamides is 1. The van der Waals surface area contributed by atoms with Gasteiger partial charge >= 0.3 is 0 Å². The number of nitrogens with zero attached hydrogens (tertiary/aromatic N) is 1. The van der Waals surface area contributed by atoms with Crippen LogP contribution in [0.15, 0.2) is 57.9 Å². The summed E-state index contributed by atoms with van der Waals surface area (Å²) >= 11 is 3.30. The highest BCUT2D eigenvalue weighted by molar-refractivity contribution is 9.10. The van der Waals surface area contributed by atoms with Crippen molar-refractivity contribution in [2.24, 2.45) is 11.7 Å². The molecule has 1 unspecified atom stereocenters. The number of nitrogens with two attached hydrogens (primary N) is 1. The smallest absolute Gasteiger partial charge is 0.243 e. The lowest BCUT2D eigenvalue weighted by Crippen LogP contribution is -2.43. The monoisotopic (exact) mass is 479 g/mol. The minimum Gasteiger partial charge on any atom is -0.369 e. The number of hydrogen-bond acceptors (Lipinski definition) is 4. The number of anilines is 1. The summed E-state index contributed by atoms with van der Waals surface area (Å²) in [7, 11) is -3.65. The standard InChI is InChI=1S/C20H22BrN3O4S/c21-16-5-9-18(10-6-16)29(27,28)24-11-1-2-15(13-24)20(26)23-17-7-3-14(4-8-17)12-19(22)25/h3-10,15H,1-2,11-13H2,(H2,22,25)(H,23,26). The third kappa shape index (κ3) is 5.43. The predicted molar refractivity (Wildman–Crippen MR) is 114 cm³/mol. The Morgan fingerprint density at radius 1 is 1.10 bits per heavy atom. The van der Waals surface area contributed by atoms with Gasteiger partial charge in [0.2, 0.25) is 21.8 Å². The van der Waals surface area contributed by atoms with E-state index >= 15 is 0 Å². The summed E-state index contributed by atoms with van der Waals surface area (Å²) in [6, 6.07) is 13.3. The summed E-state index contributed by atoms with van der Waals surface area (Å²) < 4.78 is 28.0. The molecule has 1 aliphatic heterocycles. The Bertz CT molecular complexity index is 991. The van der Waals surface area contributed by atoms with Crippen LogP contribution in [-0.2, 0) is 26.0 Å². The second kappa shape index (κ2) is 9.06. The SMILES string of the molecule is NC(=O)Cc1ccc(NC(=O)C2CCCN(S(=O)(=O)c3ccc(Br)cc3)C2)cc1. The molecule has 0 bridgehead atoms. The molecule has 1 aliphatic rings. The first-order valence-electron chi connectivity index (χ1n) is 9.19. The highest BCUT2D eigenvalue weighted by atomic mass is 79.9. The van der Waals surface area contributed by atoms with Gasteiger partial charge in [0.25, 0.3) is 0 Å². The van der Waals surface area contributed by atoms with E-state index in [0.29, 0.717) is 25.1 Å². The van der Waals surface area contributed by atoms with Crippen molar-refractivity contribution in [2.75, 3.05) is 18.4 Å². The first kappa shape index (κ1) is 21.5. The van der Waals surface area contributed by atoms with Gasteiger partial charge < -0.3 is 11.1 Å². The summed E-state index contributed by atoms with van der Waals surface area (Å²) in [6.07, 6.45) is 1.38. The van der Waals surface area contributed by atoms with Crippen molar-refractivity contribution in [1.29, 1.82) is 0 Å². The molecule has 9 heteroatoms. The maximum atomic E-state index is 12.9. The van der Waals surface area contributed by atoms with Gasteiger partial charge in [-0.15, -0.1) is 0 Å². The van der Waals surface area contributed by atoms with Crippen molar-refractivity contribution in [3.63, 3.8) is 0 Å². The molecule has 0 aliphatic carbocycles. The molecule has 0 radical (unpaired) electrons. The Hall–Kier alpha value is -2.23. The Kier molecular flexibility index (Phi) is 6.71. The van der Waals surface area contributed by atoms with E-state index in [1.54, 1.807) is 48.5 Å². The van der Waals surface area contributed by atoms with Crippen LogP contribution in [0, 0.1) is 5.92 Å². The van der Waals surface area contributed by atoms with Crippen LogP contribution in [0.25, 0.3) is 0 Å². The summed E-state index contributed by atoms with van der Waals surface area (Å²) in [5.74, 6) is -1.07. The van der Waals surface area contributed by atoms with E-state index in [1.165, 1.54) is 4.31 Å². The summed E-state index contributed by atoms with van der Waals surface area (Å²) in [4.78, 5) is 23.9. The Balaban J connectivity index is 1.66. The number of carbonyl (C=O) groups excluding carboxylic acids is 2. The van der Waals surface area contributed by atoms with Crippen LogP contribution in [0.4, 0.5) is 5.69 Å². The van der Waals surface area contributed by atoms with Crippen LogP contribution >= 0.6 is 15.9 Å². The van der Waals surface area contributed by atoms with E-state index in [-0.39, 0.29) is 23.8 Å². The predicted octanol–water partition coefficient (Wildman–Crippen LogP) is 2.52. The zero-order valence-electron chi connectivity index (χ0n) is 15.7. The van der Waals surface area contributed by atoms with Crippen molar-refractivity contribution in [1.82, 2.24) is 4.31 Å². The minimum absolute atomic E-state index is 0.139. The van der Waals surface area contributed by atoms with Crippen molar-refractivity contribution in [2.45, 2.75) is 24.2 Å². The normalized spacial score (nSPS) is 17.6. The summed E-state index contributed by atoms with van der Waals surface area (Å²) in [6.45, 7) is 0.536. The van der Waals surface area contributed by atoms with Crippen molar-refractivity contribution >= 4 is 43.5 Å². The van der Waals surface area contributed by atoms with Crippen LogP contribution < -0.4 is 11.1 Å². The fourth-order valence-corrected chi connectivity index (χ4v) is 5.07. The molecule has 1 saturated heterocycles. The van der Waals surface area contributed by atoms with Gasteiger partial charge in [-0.05, 0) is 54.8 Å². The second-order valence-corrected chi connectivity index (χ2v) is 9.84. The van der Waals surface area contributed by atoms with Crippen LogP contribution in [0.3, 0.4) is 0 Å². The molecule has 0 spiro atoms. The highest BCUT2D eigenvalue weighted by Gasteiger charge is 2.33. The lowest BCUT2D eigenvalue weighted by atomic mass is 9.98. The molecular weight excluding hydrogens is 458 g/mol. The Morgan fingerprint density at radius 2 is 1.76 bits per heavy atom. The van der Waals surface area contributed by atoms with Gasteiger partial charge in [0, 0.05) is 23.2 Å². The van der Waals surface area contributed by atoms with Gasteiger partial charge in [-0.3, -0.25) is 9.59 Å². The molecule has 3 rings (SSSR count). The number of piperidine rings is 1. The maximum absolute atomic E-state index is 12.9. The molecule has 29 heavy (non-hydrogen) atoms. The number of benzene rings is 2. The van der Waals surface area contributed by atoms with E-state index in [0.717, 1.165) is 10.0 Å². The number of rotatable bonds is 6. The van der Waals surface area contributed by atoms with Gasteiger partial charge in [-0.2, -0.15) is 4.31 Å². The highest BCUT2D eigenvalue weighted by Crippen LogP contribution is 2.25. The molecule has 1 heterocycles. The van der Waals surface area contributed by atoms with E-state index in [2.05, 4.69) is 21.2 Å². The molecule has 2 aromatic carbocycles. The lowest BCUT2D eigenvalue weighted by Gasteiger charge is -2.31. The number of hydrogen-bond donors (Lipinski definition) is 2. The van der Waals surface area contributed by atoms with Crippen LogP contribution in [0.5, 0.6) is 0 Å². The molecule has 154 valence electrons. The first-order chi connectivity index (χ1) is 13.8. The molecule has 1 fully saturated rings. The fourth-order valence-electron chi connectivity index (χ4n) is 3.28. The number of primary amides is 1. The number of nitrogens with one attached hydrogen (secondary N) is 1. The maximum Gasteiger partial charge on any atom is 0.243 e. The van der Waals surface area contributed by atoms with E-state index < -0.39 is 21.8 Å². The van der Waals surface area contributed by atoms with Crippen LogP contribution in [-0.4, -0.2) is 37.6 Å². The molecule has 1 atom stereocenters. The third-order valence-electron chi connectivity index (χ3n) is 4.81. The Labute approximate surface area is 178 Å². The summed E-state index contributed by atoms with van der Waals surface area (Å²) in [5.41, 5.74) is 6.53. The molecular formula is C20H22BrN3O4S. The van der Waals surface area contributed by atoms with Crippen molar-refractivity contribution < 1.29 is 18.0 Å². The first-order valence-corrected chi connectivity index (χ1v) is 11.4. The van der Waals surface area contributed by atoms with Gasteiger partial charge in [0.1, 0.15) is 0 Å². The van der Waals surface area contributed by atoms with Crippen molar-refractivity contribution in [3.05, 3.63) is 58.6 Å². The quantitative estimate of drug-likeness (QED) is 0.662. The zero-order chi connectivity index (χ0) is 21.0. The average molecular weight is 480 g/mol. The van der Waals surface area contributed by atoms with E-state index in [9.17, 15) is 18.0 Å². The van der Waals surface area contributed by atoms with Gasteiger partial charge in [0.15, 0.2) is 0 Å². The van der Waals surface area contributed by atoms with Crippen molar-refractivity contribution in [3.8, 4) is 0 Å². The van der Waals surface area contributed by atoms with Gasteiger partial charge in [-0.1, -0.05) is 28.1 Å². The molecule has 7 nitrogen and oxygen atoms in total. The van der Waals surface area contributed by atoms with E-state index in [1.807, 2.05) is 0 Å². The molecule has 2 amide bonds. The van der Waals surface area contributed by atoms with E-state index in [4.69, 9.17) is 5.73 Å². The average Bonchev–Trinajstić information content (AvgIpc) is 2.69. The minimum atomic E-state index is -3.65. The summed E-state index contributed by atoms with van der Waals surface area (Å²) in [5, 5.41) is 2.83. The zero-order valence-corrected chi connectivity index (χ0v) is 18.1. The van der Waals surface area contributed by atoms with Gasteiger partial charge in [-0.25, -0.2) is 8.42 Å². The second-order valence-electron chi connectivity index (χ2n) is 6.99. The number of amides is 2. The van der Waals surface area contributed by atoms with Crippen LogP contribution in [0.2, 0.25) is 0 Å². The molecule has 2 aromatic rings. The third-order valence-corrected chi connectivity index (χ3v) is 7.21. The number of carbonyl (C=O) groups is 2. The topological polar surface area (TPSA) is 110 Å². The fraction of sp³-hybridized carbons (Fsp3) is 0.300. The largest absolute Gasteiger partial charge is 0.369 e. The molecule has 0 saturated carbocycles. The lowest BCUT2D eigenvalue weighted by molar-refractivity contribution is -0.121. The van der Waals surface area contributed by atoms with Crippen LogP contribution in [0.1, 0.15) is 18.4 Å². The van der Waals surface area contributed by atoms with Gasteiger partial charge in [0.05, 0.1) is 17.2 Å². The molecule has 0 aromatic heterocycles. The molecule has 3 N–H and O–H groups in total. The Morgan fingerprint density at radius 3 is 2.38 bits per heavy atom. The number of halogens is 1.